The van der Waals surface area contributed by atoms with Crippen LogP contribution in [0.1, 0.15) is 23.3 Å². The van der Waals surface area contributed by atoms with Crippen LogP contribution in [0, 0.1) is 0 Å². The number of H-pyrrole nitrogens is 1. The van der Waals surface area contributed by atoms with E-state index in [1.54, 1.807) is 18.2 Å². The number of aromatic amines is 1. The molecule has 10 heteroatoms. The molecule has 0 atom stereocenters. The van der Waals surface area contributed by atoms with Crippen molar-refractivity contribution in [3.05, 3.63) is 54.4 Å². The summed E-state index contributed by atoms with van der Waals surface area (Å²) in [6.45, 7) is 1.26. The summed E-state index contributed by atoms with van der Waals surface area (Å²) >= 11 is 0. The molecule has 1 fully saturated rings. The molecule has 32 heavy (non-hydrogen) atoms. The van der Waals surface area contributed by atoms with Gasteiger partial charge in [-0.05, 0) is 36.4 Å². The van der Waals surface area contributed by atoms with Crippen LogP contribution in [0.5, 0.6) is 17.2 Å². The number of hydrogen-bond acceptors (Lipinski definition) is 7. The molecule has 9 nitrogen and oxygen atoms in total. The van der Waals surface area contributed by atoms with Gasteiger partial charge in [-0.3, -0.25) is 0 Å². The van der Waals surface area contributed by atoms with Crippen molar-refractivity contribution in [3.63, 3.8) is 0 Å². The third-order valence-corrected chi connectivity index (χ3v) is 5.90. The molecule has 0 saturated carbocycles. The molecule has 2 aromatic heterocycles. The minimum absolute atomic E-state index is 0.000725. The Morgan fingerprint density at radius 2 is 1.84 bits per heavy atom. The van der Waals surface area contributed by atoms with Crippen LogP contribution in [-0.2, 0) is 14.6 Å². The van der Waals surface area contributed by atoms with Crippen LogP contribution in [0.3, 0.4) is 0 Å². The van der Waals surface area contributed by atoms with Crippen molar-refractivity contribution in [2.24, 2.45) is 0 Å². The molecule has 3 aromatic rings. The van der Waals surface area contributed by atoms with Crippen molar-refractivity contribution >= 4 is 15.8 Å². The molecule has 168 valence electrons. The molecule has 1 aromatic carbocycles. The SMILES string of the molecule is CS(=O)(=O)c1ccc(Oc2cc(OC3CCOCC3)cc(-c3ccc(C(=O)O)[nH]3)c2)cn1. The van der Waals surface area contributed by atoms with Crippen LogP contribution in [0.4, 0.5) is 0 Å². The van der Waals surface area contributed by atoms with Gasteiger partial charge in [0.1, 0.15) is 29.0 Å². The summed E-state index contributed by atoms with van der Waals surface area (Å²) in [5.74, 6) is 0.296. The van der Waals surface area contributed by atoms with E-state index in [0.717, 1.165) is 19.1 Å². The first-order valence-corrected chi connectivity index (χ1v) is 11.8. The molecule has 2 N–H and O–H groups in total. The summed E-state index contributed by atoms with van der Waals surface area (Å²) in [5.41, 5.74) is 1.34. The molecule has 1 saturated heterocycles. The maximum atomic E-state index is 11.6. The molecule has 0 bridgehead atoms. The van der Waals surface area contributed by atoms with E-state index in [9.17, 15) is 18.3 Å². The highest BCUT2D eigenvalue weighted by atomic mass is 32.2. The van der Waals surface area contributed by atoms with E-state index in [0.29, 0.717) is 41.7 Å². The van der Waals surface area contributed by atoms with Crippen molar-refractivity contribution in [1.82, 2.24) is 9.97 Å². The molecule has 1 aliphatic rings. The number of ether oxygens (including phenoxy) is 3. The van der Waals surface area contributed by atoms with Gasteiger partial charge in [-0.25, -0.2) is 18.2 Å². The normalized spacial score (nSPS) is 14.8. The zero-order valence-corrected chi connectivity index (χ0v) is 18.1. The lowest BCUT2D eigenvalue weighted by molar-refractivity contribution is 0.0255. The Labute approximate surface area is 184 Å². The molecule has 1 aliphatic heterocycles. The fourth-order valence-corrected chi connectivity index (χ4v) is 3.87. The minimum atomic E-state index is -3.41. The highest BCUT2D eigenvalue weighted by molar-refractivity contribution is 7.90. The summed E-state index contributed by atoms with van der Waals surface area (Å²) in [6.07, 6.45) is 3.95. The zero-order chi connectivity index (χ0) is 22.7. The largest absolute Gasteiger partial charge is 0.490 e. The fraction of sp³-hybridized carbons (Fsp3) is 0.273. The first-order chi connectivity index (χ1) is 15.3. The lowest BCUT2D eigenvalue weighted by Gasteiger charge is -2.24. The minimum Gasteiger partial charge on any atom is -0.490 e. The van der Waals surface area contributed by atoms with E-state index < -0.39 is 15.8 Å². The van der Waals surface area contributed by atoms with Crippen LogP contribution >= 0.6 is 0 Å². The zero-order valence-electron chi connectivity index (χ0n) is 17.3. The van der Waals surface area contributed by atoms with Gasteiger partial charge in [0.25, 0.3) is 0 Å². The standard InChI is InChI=1S/C22H22N2O7S/c1-32(27,28)21-5-2-16(13-23-21)31-18-11-14(19-3-4-20(24-19)22(25)26)10-17(12-18)30-15-6-8-29-9-7-15/h2-5,10-13,15,24H,6-9H2,1H3,(H,25,26). The lowest BCUT2D eigenvalue weighted by Crippen LogP contribution is -2.25. The number of carbonyl (C=O) groups is 1. The molecular weight excluding hydrogens is 436 g/mol. The van der Waals surface area contributed by atoms with Gasteiger partial charge < -0.3 is 24.3 Å². The Morgan fingerprint density at radius 1 is 1.09 bits per heavy atom. The third kappa shape index (κ3) is 5.27. The predicted octanol–water partition coefficient (Wildman–Crippen LogP) is 3.53. The van der Waals surface area contributed by atoms with Crippen LogP contribution in [0.15, 0.2) is 53.7 Å². The average molecular weight is 458 g/mol. The Hall–Kier alpha value is -3.37. The number of rotatable bonds is 7. The van der Waals surface area contributed by atoms with E-state index in [1.165, 1.54) is 24.4 Å². The van der Waals surface area contributed by atoms with Crippen molar-refractivity contribution < 1.29 is 32.5 Å². The van der Waals surface area contributed by atoms with Gasteiger partial charge >= 0.3 is 5.97 Å². The number of aromatic carboxylic acids is 1. The van der Waals surface area contributed by atoms with Gasteiger partial charge in [0, 0.05) is 36.4 Å². The van der Waals surface area contributed by atoms with E-state index >= 15 is 0 Å². The number of sulfone groups is 1. The second-order valence-electron chi connectivity index (χ2n) is 7.42. The molecule has 3 heterocycles. The predicted molar refractivity (Wildman–Crippen MR) is 115 cm³/mol. The second kappa shape index (κ2) is 9.01. The first-order valence-electron chi connectivity index (χ1n) is 9.94. The van der Waals surface area contributed by atoms with Crippen LogP contribution < -0.4 is 9.47 Å². The van der Waals surface area contributed by atoms with Gasteiger partial charge in [0.15, 0.2) is 14.9 Å². The van der Waals surface area contributed by atoms with Gasteiger partial charge in [0.2, 0.25) is 0 Å². The van der Waals surface area contributed by atoms with Crippen molar-refractivity contribution in [1.29, 1.82) is 0 Å². The summed E-state index contributed by atoms with van der Waals surface area (Å²) in [5, 5.41) is 9.16. The van der Waals surface area contributed by atoms with Crippen LogP contribution in [0.2, 0.25) is 0 Å². The topological polar surface area (TPSA) is 128 Å². The van der Waals surface area contributed by atoms with E-state index in [-0.39, 0.29) is 16.8 Å². The molecule has 4 rings (SSSR count). The van der Waals surface area contributed by atoms with E-state index in [4.69, 9.17) is 14.2 Å². The van der Waals surface area contributed by atoms with Crippen LogP contribution in [0.25, 0.3) is 11.3 Å². The number of hydrogen-bond donors (Lipinski definition) is 2. The first kappa shape index (κ1) is 21.8. The Balaban J connectivity index is 1.64. The molecule has 0 unspecified atom stereocenters. The lowest BCUT2D eigenvalue weighted by atomic mass is 10.1. The average Bonchev–Trinajstić information content (AvgIpc) is 3.25. The number of pyridine rings is 1. The number of carboxylic acids is 1. The molecular formula is C22H22N2O7S. The van der Waals surface area contributed by atoms with Gasteiger partial charge in [-0.1, -0.05) is 0 Å². The highest BCUT2D eigenvalue weighted by Gasteiger charge is 2.17. The maximum Gasteiger partial charge on any atom is 0.352 e. The van der Waals surface area contributed by atoms with Gasteiger partial charge in [-0.2, -0.15) is 0 Å². The third-order valence-electron chi connectivity index (χ3n) is 4.90. The summed E-state index contributed by atoms with van der Waals surface area (Å²) < 4.78 is 40.6. The number of aromatic nitrogens is 2. The van der Waals surface area contributed by atoms with Gasteiger partial charge in [0.05, 0.1) is 19.4 Å². The molecule has 0 radical (unpaired) electrons. The summed E-state index contributed by atoms with van der Waals surface area (Å²) in [6, 6.07) is 11.3. The fourth-order valence-electron chi connectivity index (χ4n) is 3.31. The number of carboxylic acid groups (broad SMARTS) is 1. The summed E-state index contributed by atoms with van der Waals surface area (Å²) in [7, 11) is -3.41. The molecule has 0 spiro atoms. The molecule has 0 aliphatic carbocycles. The quantitative estimate of drug-likeness (QED) is 0.550. The maximum absolute atomic E-state index is 11.6. The second-order valence-corrected chi connectivity index (χ2v) is 9.38. The number of nitrogens with one attached hydrogen (secondary N) is 1. The monoisotopic (exact) mass is 458 g/mol. The van der Waals surface area contributed by atoms with E-state index in [2.05, 4.69) is 9.97 Å². The van der Waals surface area contributed by atoms with Gasteiger partial charge in [-0.15, -0.1) is 0 Å². The van der Waals surface area contributed by atoms with Crippen LogP contribution in [-0.4, -0.2) is 55.0 Å². The van der Waals surface area contributed by atoms with E-state index in [1.807, 2.05) is 6.07 Å². The van der Waals surface area contributed by atoms with Crippen molar-refractivity contribution in [2.75, 3.05) is 19.5 Å². The Kier molecular flexibility index (Phi) is 6.15. The van der Waals surface area contributed by atoms with Crippen molar-refractivity contribution in [2.45, 2.75) is 24.0 Å². The number of benzene rings is 1. The Morgan fingerprint density at radius 3 is 2.47 bits per heavy atom. The molecule has 0 amide bonds. The summed E-state index contributed by atoms with van der Waals surface area (Å²) in [4.78, 5) is 18.0. The number of nitrogens with zero attached hydrogens (tertiary/aromatic N) is 1. The smallest absolute Gasteiger partial charge is 0.352 e. The highest BCUT2D eigenvalue weighted by Crippen LogP contribution is 2.33. The Bertz CT molecular complexity index is 1210. The van der Waals surface area contributed by atoms with Crippen molar-refractivity contribution in [3.8, 4) is 28.5 Å².